The van der Waals surface area contributed by atoms with Crippen molar-refractivity contribution in [2.75, 3.05) is 6.61 Å². The van der Waals surface area contributed by atoms with Gasteiger partial charge in [-0.15, -0.1) is 0 Å². The maximum atomic E-state index is 9.03. The summed E-state index contributed by atoms with van der Waals surface area (Å²) in [6, 6.07) is 1.86. The largest absolute Gasteiger partial charge is 0.396 e. The highest BCUT2D eigenvalue weighted by Crippen LogP contribution is 2.27. The second-order valence-electron chi connectivity index (χ2n) is 4.41. The lowest BCUT2D eigenvalue weighted by Gasteiger charge is -2.29. The molecule has 0 saturated heterocycles. The number of aromatic nitrogens is 2. The molecule has 1 aromatic rings. The first-order valence-electron chi connectivity index (χ1n) is 5.14. The van der Waals surface area contributed by atoms with Crippen molar-refractivity contribution in [1.29, 1.82) is 0 Å². The molecule has 84 valence electrons. The minimum absolute atomic E-state index is 0.0594. The van der Waals surface area contributed by atoms with E-state index in [1.54, 1.807) is 6.20 Å². The highest BCUT2D eigenvalue weighted by atomic mass is 16.3. The molecule has 1 unspecified atom stereocenters. The zero-order chi connectivity index (χ0) is 11.5. The second-order valence-corrected chi connectivity index (χ2v) is 4.41. The standard InChI is InChI=1S/C11H19N3O/c1-8-13-6-4-10(14-8)9(5-7-15)11(2,3)12/h4,6,9,15H,5,7,12H2,1-3H3. The number of nitrogens with two attached hydrogens (primary N) is 1. The van der Waals surface area contributed by atoms with Crippen LogP contribution in [0.1, 0.15) is 37.7 Å². The lowest BCUT2D eigenvalue weighted by atomic mass is 9.83. The van der Waals surface area contributed by atoms with E-state index in [4.69, 9.17) is 10.8 Å². The first-order valence-corrected chi connectivity index (χ1v) is 5.14. The average molecular weight is 209 g/mol. The molecule has 0 aromatic carbocycles. The zero-order valence-electron chi connectivity index (χ0n) is 9.57. The van der Waals surface area contributed by atoms with Crippen molar-refractivity contribution in [3.8, 4) is 0 Å². The summed E-state index contributed by atoms with van der Waals surface area (Å²) in [6.45, 7) is 5.87. The zero-order valence-corrected chi connectivity index (χ0v) is 9.57. The Labute approximate surface area is 90.6 Å². The van der Waals surface area contributed by atoms with E-state index in [1.165, 1.54) is 0 Å². The van der Waals surface area contributed by atoms with Crippen LogP contribution in [0.15, 0.2) is 12.3 Å². The van der Waals surface area contributed by atoms with Gasteiger partial charge in [0.15, 0.2) is 0 Å². The number of rotatable bonds is 4. The van der Waals surface area contributed by atoms with Crippen molar-refractivity contribution in [3.63, 3.8) is 0 Å². The number of aryl methyl sites for hydroxylation is 1. The molecule has 0 fully saturated rings. The van der Waals surface area contributed by atoms with Crippen LogP contribution in [0.25, 0.3) is 0 Å². The van der Waals surface area contributed by atoms with Crippen molar-refractivity contribution in [3.05, 3.63) is 23.8 Å². The summed E-state index contributed by atoms with van der Waals surface area (Å²) < 4.78 is 0. The van der Waals surface area contributed by atoms with E-state index >= 15 is 0 Å². The SMILES string of the molecule is Cc1nccc(C(CCO)C(C)(C)N)n1. The van der Waals surface area contributed by atoms with E-state index in [1.807, 2.05) is 26.8 Å². The Balaban J connectivity index is 2.99. The molecule has 1 rings (SSSR count). The maximum Gasteiger partial charge on any atom is 0.125 e. The Kier molecular flexibility index (Phi) is 3.77. The van der Waals surface area contributed by atoms with Crippen molar-refractivity contribution in [2.24, 2.45) is 5.73 Å². The van der Waals surface area contributed by atoms with Crippen LogP contribution in [-0.2, 0) is 0 Å². The Morgan fingerprint density at radius 1 is 1.53 bits per heavy atom. The molecule has 0 bridgehead atoms. The normalized spacial score (nSPS) is 13.9. The summed E-state index contributed by atoms with van der Waals surface area (Å²) in [5.74, 6) is 0.795. The van der Waals surface area contributed by atoms with Gasteiger partial charge in [0.05, 0.1) is 0 Å². The molecule has 15 heavy (non-hydrogen) atoms. The third kappa shape index (κ3) is 3.25. The van der Waals surface area contributed by atoms with Gasteiger partial charge in [-0.3, -0.25) is 0 Å². The lowest BCUT2D eigenvalue weighted by Crippen LogP contribution is -2.40. The van der Waals surface area contributed by atoms with Crippen LogP contribution in [0.5, 0.6) is 0 Å². The van der Waals surface area contributed by atoms with Crippen LogP contribution in [0, 0.1) is 6.92 Å². The second kappa shape index (κ2) is 4.68. The minimum atomic E-state index is -0.385. The van der Waals surface area contributed by atoms with E-state index in [0.717, 1.165) is 11.5 Å². The van der Waals surface area contributed by atoms with Crippen LogP contribution >= 0.6 is 0 Å². The van der Waals surface area contributed by atoms with Gasteiger partial charge in [0.2, 0.25) is 0 Å². The van der Waals surface area contributed by atoms with Crippen LogP contribution < -0.4 is 5.73 Å². The Morgan fingerprint density at radius 3 is 2.67 bits per heavy atom. The van der Waals surface area contributed by atoms with Crippen molar-refractivity contribution < 1.29 is 5.11 Å². The number of hydrogen-bond acceptors (Lipinski definition) is 4. The summed E-state index contributed by atoms with van der Waals surface area (Å²) in [6.07, 6.45) is 2.35. The molecule has 1 aromatic heterocycles. The van der Waals surface area contributed by atoms with Crippen molar-refractivity contribution in [2.45, 2.75) is 38.6 Å². The fraction of sp³-hybridized carbons (Fsp3) is 0.636. The molecule has 4 heteroatoms. The molecule has 4 nitrogen and oxygen atoms in total. The summed E-state index contributed by atoms with van der Waals surface area (Å²) in [4.78, 5) is 8.41. The van der Waals surface area contributed by atoms with E-state index < -0.39 is 0 Å². The van der Waals surface area contributed by atoms with Crippen molar-refractivity contribution >= 4 is 0 Å². The quantitative estimate of drug-likeness (QED) is 0.775. The molecule has 0 aliphatic carbocycles. The fourth-order valence-corrected chi connectivity index (χ4v) is 1.70. The smallest absolute Gasteiger partial charge is 0.125 e. The topological polar surface area (TPSA) is 72.0 Å². The molecule has 1 heterocycles. The van der Waals surface area contributed by atoms with Gasteiger partial charge in [-0.1, -0.05) is 0 Å². The molecular weight excluding hydrogens is 190 g/mol. The van der Waals surface area contributed by atoms with Gasteiger partial charge in [-0.2, -0.15) is 0 Å². The summed E-state index contributed by atoms with van der Waals surface area (Å²) in [7, 11) is 0. The van der Waals surface area contributed by atoms with E-state index in [-0.39, 0.29) is 18.1 Å². The Hall–Kier alpha value is -1.00. The predicted molar refractivity (Wildman–Crippen MR) is 59.5 cm³/mol. The van der Waals surface area contributed by atoms with E-state index in [0.29, 0.717) is 6.42 Å². The molecule has 3 N–H and O–H groups in total. The average Bonchev–Trinajstić information content (AvgIpc) is 2.12. The molecule has 0 saturated carbocycles. The van der Waals surface area contributed by atoms with Crippen LogP contribution in [0.2, 0.25) is 0 Å². The first-order chi connectivity index (χ1) is 6.95. The number of hydrogen-bond donors (Lipinski definition) is 2. The fourth-order valence-electron chi connectivity index (χ4n) is 1.70. The molecular formula is C11H19N3O. The number of nitrogens with zero attached hydrogens (tertiary/aromatic N) is 2. The first kappa shape index (κ1) is 12.1. The predicted octanol–water partition coefficient (Wildman–Crippen LogP) is 0.988. The third-order valence-corrected chi connectivity index (χ3v) is 2.47. The Bertz CT molecular complexity index is 320. The minimum Gasteiger partial charge on any atom is -0.396 e. The van der Waals surface area contributed by atoms with E-state index in [2.05, 4.69) is 9.97 Å². The van der Waals surface area contributed by atoms with Gasteiger partial charge >= 0.3 is 0 Å². The van der Waals surface area contributed by atoms with Crippen LogP contribution in [0.3, 0.4) is 0 Å². The van der Waals surface area contributed by atoms with Crippen LogP contribution in [-0.4, -0.2) is 27.2 Å². The molecule has 0 radical (unpaired) electrons. The van der Waals surface area contributed by atoms with Gasteiger partial charge in [0.1, 0.15) is 5.82 Å². The number of aliphatic hydroxyl groups excluding tert-OH is 1. The summed E-state index contributed by atoms with van der Waals surface area (Å²) in [5, 5.41) is 9.03. The van der Waals surface area contributed by atoms with Gasteiger partial charge < -0.3 is 10.8 Å². The van der Waals surface area contributed by atoms with E-state index in [9.17, 15) is 0 Å². The van der Waals surface area contributed by atoms with Crippen LogP contribution in [0.4, 0.5) is 0 Å². The van der Waals surface area contributed by atoms with Gasteiger partial charge in [-0.25, -0.2) is 9.97 Å². The van der Waals surface area contributed by atoms with Gasteiger partial charge in [0.25, 0.3) is 0 Å². The molecule has 0 aliphatic rings. The molecule has 0 spiro atoms. The Morgan fingerprint density at radius 2 is 2.20 bits per heavy atom. The monoisotopic (exact) mass is 209 g/mol. The molecule has 0 amide bonds. The summed E-state index contributed by atoms with van der Waals surface area (Å²) in [5.41, 5.74) is 6.60. The van der Waals surface area contributed by atoms with Gasteiger partial charge in [0, 0.05) is 30.0 Å². The molecule has 0 aliphatic heterocycles. The third-order valence-electron chi connectivity index (χ3n) is 2.47. The summed E-state index contributed by atoms with van der Waals surface area (Å²) >= 11 is 0. The maximum absolute atomic E-state index is 9.03. The number of aliphatic hydroxyl groups is 1. The van der Waals surface area contributed by atoms with Gasteiger partial charge in [-0.05, 0) is 33.3 Å². The highest BCUT2D eigenvalue weighted by molar-refractivity contribution is 5.13. The highest BCUT2D eigenvalue weighted by Gasteiger charge is 2.27. The van der Waals surface area contributed by atoms with Crippen molar-refractivity contribution in [1.82, 2.24) is 9.97 Å². The lowest BCUT2D eigenvalue weighted by molar-refractivity contribution is 0.248. The molecule has 1 atom stereocenters.